The highest BCUT2D eigenvalue weighted by Crippen LogP contribution is 2.39. The number of nitrogens with zero attached hydrogens (tertiary/aromatic N) is 3. The van der Waals surface area contributed by atoms with Gasteiger partial charge in [-0.2, -0.15) is 13.5 Å². The Morgan fingerprint density at radius 2 is 1.66 bits per heavy atom. The second kappa shape index (κ2) is 12.4. The number of hydrazine groups is 1. The summed E-state index contributed by atoms with van der Waals surface area (Å²) in [5.41, 5.74) is 5.18. The number of benzene rings is 2. The fraction of sp³-hybridized carbons (Fsp3) is 0.391. The van der Waals surface area contributed by atoms with Crippen LogP contribution in [0, 0.1) is 0 Å². The average molecular weight is 562 g/mol. The molecule has 2 aliphatic rings. The largest absolute Gasteiger partial charge is 0.286 e. The molecular weight excluding hydrogens is 535 g/mol. The molecule has 0 aliphatic carbocycles. The van der Waals surface area contributed by atoms with Gasteiger partial charge in [-0.05, 0) is 55.7 Å². The molecule has 4 rings (SSSR count). The summed E-state index contributed by atoms with van der Waals surface area (Å²) >= 11 is 18.6. The van der Waals surface area contributed by atoms with Crippen molar-refractivity contribution in [3.8, 4) is 0 Å². The second-order valence-corrected chi connectivity index (χ2v) is 11.1. The fourth-order valence-corrected chi connectivity index (χ4v) is 4.32. The van der Waals surface area contributed by atoms with E-state index >= 15 is 0 Å². The number of carbonyl (C=O) groups excluding carboxylic acids is 1. The molecule has 2 N–H and O–H groups in total. The van der Waals surface area contributed by atoms with Crippen molar-refractivity contribution in [2.45, 2.75) is 38.6 Å². The monoisotopic (exact) mass is 560 g/mol. The van der Waals surface area contributed by atoms with Gasteiger partial charge in [0.05, 0.1) is 22.5 Å². The molecule has 2 aliphatic heterocycles. The Labute approximate surface area is 220 Å². The number of anilines is 1. The molecule has 1 saturated heterocycles. The van der Waals surface area contributed by atoms with Gasteiger partial charge >= 0.3 is 0 Å². The lowest BCUT2D eigenvalue weighted by atomic mass is 10.0. The molecule has 0 radical (unpaired) electrons. The van der Waals surface area contributed by atoms with Gasteiger partial charge in [0.1, 0.15) is 5.71 Å². The van der Waals surface area contributed by atoms with E-state index < -0.39 is 10.1 Å². The SMILES string of the molecule is CCS(=O)(=O)O.O=C(NN1CCCCC1)C1=NN(c2ccc(Cl)cc2Cl)[C@@H](c2ccc(Cl)cc2)C1. The number of hydrogen-bond acceptors (Lipinski definition) is 6. The maximum atomic E-state index is 12.9. The number of piperidine rings is 1. The Hall–Kier alpha value is -1.88. The summed E-state index contributed by atoms with van der Waals surface area (Å²) in [6, 6.07) is 12.7. The van der Waals surface area contributed by atoms with Crippen LogP contribution in [0.3, 0.4) is 0 Å². The number of hydrogen-bond donors (Lipinski definition) is 2. The molecule has 0 spiro atoms. The van der Waals surface area contributed by atoms with Gasteiger partial charge in [0.25, 0.3) is 16.0 Å². The van der Waals surface area contributed by atoms with Crippen molar-refractivity contribution in [1.82, 2.24) is 10.4 Å². The highest BCUT2D eigenvalue weighted by atomic mass is 35.5. The van der Waals surface area contributed by atoms with Crippen molar-refractivity contribution in [2.75, 3.05) is 23.9 Å². The quantitative estimate of drug-likeness (QED) is 0.476. The molecule has 2 aromatic rings. The molecule has 2 aromatic carbocycles. The number of amides is 1. The number of halogens is 3. The molecule has 1 atom stereocenters. The van der Waals surface area contributed by atoms with E-state index in [1.165, 1.54) is 13.3 Å². The standard InChI is InChI=1S/C21H21Cl3N4O.C2H6O3S/c22-15-6-4-14(5-7-15)20-13-18(21(29)26-27-10-2-1-3-11-27)25-28(20)19-9-8-16(23)12-17(19)24;1-2-6(3,4)5/h4-9,12,20H,1-3,10-11,13H2,(H,26,29);2H2,1H3,(H,3,4,5)/t20-;/m1./s1. The predicted molar refractivity (Wildman–Crippen MR) is 141 cm³/mol. The van der Waals surface area contributed by atoms with Crippen molar-refractivity contribution < 1.29 is 17.8 Å². The van der Waals surface area contributed by atoms with Gasteiger partial charge in [-0.1, -0.05) is 53.4 Å². The van der Waals surface area contributed by atoms with Crippen LogP contribution in [0.5, 0.6) is 0 Å². The number of nitrogens with one attached hydrogen (secondary N) is 1. The third-order valence-electron chi connectivity index (χ3n) is 5.56. The van der Waals surface area contributed by atoms with Crippen LogP contribution in [0.15, 0.2) is 47.6 Å². The van der Waals surface area contributed by atoms with E-state index in [0.717, 1.165) is 31.5 Å². The maximum absolute atomic E-state index is 12.9. The van der Waals surface area contributed by atoms with E-state index in [9.17, 15) is 13.2 Å². The zero-order chi connectivity index (χ0) is 25.6. The van der Waals surface area contributed by atoms with Gasteiger partial charge in [-0.3, -0.25) is 19.8 Å². The van der Waals surface area contributed by atoms with Crippen LogP contribution in [0.25, 0.3) is 0 Å². The summed E-state index contributed by atoms with van der Waals surface area (Å²) in [6.45, 7) is 3.11. The first kappa shape index (κ1) is 27.7. The normalized spacial score (nSPS) is 18.5. The van der Waals surface area contributed by atoms with Gasteiger partial charge in [0.15, 0.2) is 0 Å². The second-order valence-electron chi connectivity index (χ2n) is 8.12. The van der Waals surface area contributed by atoms with Crippen LogP contribution in [0.2, 0.25) is 15.1 Å². The van der Waals surface area contributed by atoms with E-state index in [1.807, 2.05) is 35.3 Å². The minimum Gasteiger partial charge on any atom is -0.286 e. The summed E-state index contributed by atoms with van der Waals surface area (Å²) in [7, 11) is -3.66. The summed E-state index contributed by atoms with van der Waals surface area (Å²) in [5.74, 6) is -0.369. The molecule has 8 nitrogen and oxygen atoms in total. The lowest BCUT2D eigenvalue weighted by Crippen LogP contribution is -2.47. The predicted octanol–water partition coefficient (Wildman–Crippen LogP) is 5.37. The number of rotatable bonds is 5. The first-order valence-corrected chi connectivity index (χ1v) is 13.9. The highest BCUT2D eigenvalue weighted by Gasteiger charge is 2.34. The number of carbonyl (C=O) groups is 1. The van der Waals surface area contributed by atoms with Gasteiger partial charge in [-0.25, -0.2) is 5.01 Å². The minimum atomic E-state index is -3.66. The third-order valence-corrected chi connectivity index (χ3v) is 7.08. The summed E-state index contributed by atoms with van der Waals surface area (Å²) in [4.78, 5) is 12.9. The summed E-state index contributed by atoms with van der Waals surface area (Å²) in [5, 5.41) is 10.1. The van der Waals surface area contributed by atoms with E-state index in [4.69, 9.17) is 39.4 Å². The average Bonchev–Trinajstić information content (AvgIpc) is 3.25. The molecule has 0 bridgehead atoms. The molecule has 1 fully saturated rings. The molecule has 190 valence electrons. The van der Waals surface area contributed by atoms with Crippen LogP contribution >= 0.6 is 34.8 Å². The molecule has 1 amide bonds. The van der Waals surface area contributed by atoms with Gasteiger partial charge < -0.3 is 0 Å². The molecule has 35 heavy (non-hydrogen) atoms. The Balaban J connectivity index is 0.000000509. The number of hydrazone groups is 1. The van der Waals surface area contributed by atoms with Crippen molar-refractivity contribution in [1.29, 1.82) is 0 Å². The summed E-state index contributed by atoms with van der Waals surface area (Å²) < 4.78 is 26.9. The Morgan fingerprint density at radius 1 is 1.06 bits per heavy atom. The van der Waals surface area contributed by atoms with Crippen LogP contribution in [0.1, 0.15) is 44.2 Å². The van der Waals surface area contributed by atoms with Gasteiger partial charge in [-0.15, -0.1) is 0 Å². The molecule has 0 aromatic heterocycles. The first-order chi connectivity index (χ1) is 16.6. The topological polar surface area (TPSA) is 102 Å². The van der Waals surface area contributed by atoms with Crippen molar-refractivity contribution in [3.05, 3.63) is 63.1 Å². The van der Waals surface area contributed by atoms with E-state index in [0.29, 0.717) is 32.9 Å². The fourth-order valence-electron chi connectivity index (χ4n) is 3.69. The van der Waals surface area contributed by atoms with Crippen molar-refractivity contribution in [2.24, 2.45) is 5.10 Å². The Morgan fingerprint density at radius 3 is 2.23 bits per heavy atom. The molecule has 12 heteroatoms. The summed E-state index contributed by atoms with van der Waals surface area (Å²) in [6.07, 6.45) is 3.86. The van der Waals surface area contributed by atoms with Gasteiger partial charge in [0, 0.05) is 29.6 Å². The Bertz CT molecular complexity index is 1170. The zero-order valence-electron chi connectivity index (χ0n) is 19.1. The zero-order valence-corrected chi connectivity index (χ0v) is 22.2. The van der Waals surface area contributed by atoms with Crippen molar-refractivity contribution in [3.63, 3.8) is 0 Å². The van der Waals surface area contributed by atoms with Crippen LogP contribution in [0.4, 0.5) is 5.69 Å². The van der Waals surface area contributed by atoms with Crippen LogP contribution < -0.4 is 10.4 Å². The lowest BCUT2D eigenvalue weighted by molar-refractivity contribution is -0.119. The highest BCUT2D eigenvalue weighted by molar-refractivity contribution is 7.85. The van der Waals surface area contributed by atoms with Crippen molar-refractivity contribution >= 4 is 62.2 Å². The van der Waals surface area contributed by atoms with Gasteiger partial charge in [0.2, 0.25) is 0 Å². The van der Waals surface area contributed by atoms with Crippen LogP contribution in [-0.2, 0) is 14.9 Å². The minimum absolute atomic E-state index is 0.159. The molecule has 2 heterocycles. The Kier molecular flexibility index (Phi) is 9.80. The maximum Gasteiger partial charge on any atom is 0.281 e. The third kappa shape index (κ3) is 8.06. The van der Waals surface area contributed by atoms with E-state index in [1.54, 1.807) is 17.1 Å². The smallest absolute Gasteiger partial charge is 0.281 e. The lowest BCUT2D eigenvalue weighted by Gasteiger charge is -2.26. The molecule has 0 unspecified atom stereocenters. The van der Waals surface area contributed by atoms with E-state index in [-0.39, 0.29) is 17.7 Å². The van der Waals surface area contributed by atoms with E-state index in [2.05, 4.69) is 10.5 Å². The van der Waals surface area contributed by atoms with Crippen LogP contribution in [-0.4, -0.2) is 48.4 Å². The first-order valence-electron chi connectivity index (χ1n) is 11.2. The molecule has 0 saturated carbocycles. The molecular formula is C23H27Cl3N4O4S.